The molecule has 0 aliphatic rings. The van der Waals surface area contributed by atoms with Crippen LogP contribution in [0, 0.1) is 0 Å². The second-order valence-corrected chi connectivity index (χ2v) is 6.45. The number of halogens is 2. The number of anilines is 1. The fourth-order valence-electron chi connectivity index (χ4n) is 2.45. The van der Waals surface area contributed by atoms with Crippen LogP contribution in [0.25, 0.3) is 0 Å². The van der Waals surface area contributed by atoms with E-state index in [1.54, 1.807) is 38.5 Å². The minimum atomic E-state index is -0.397. The lowest BCUT2D eigenvalue weighted by atomic mass is 10.1. The number of rotatable bonds is 8. The van der Waals surface area contributed by atoms with Gasteiger partial charge in [-0.15, -0.1) is 0 Å². The molecule has 0 aromatic heterocycles. The van der Waals surface area contributed by atoms with Crippen LogP contribution in [0.15, 0.2) is 36.4 Å². The zero-order valence-electron chi connectivity index (χ0n) is 15.0. The molecule has 0 heterocycles. The number of nitrogens with one attached hydrogen (secondary N) is 2. The zero-order chi connectivity index (χ0) is 19.8. The highest BCUT2D eigenvalue weighted by Crippen LogP contribution is 2.31. The second kappa shape index (κ2) is 10.0. The van der Waals surface area contributed by atoms with Gasteiger partial charge in [0.15, 0.2) is 11.5 Å². The van der Waals surface area contributed by atoms with E-state index < -0.39 is 5.91 Å². The molecule has 0 spiro atoms. The van der Waals surface area contributed by atoms with E-state index in [-0.39, 0.29) is 18.9 Å². The molecular formula is C19H20Cl2N2O4. The molecule has 2 aromatic carbocycles. The fraction of sp³-hybridized carbons (Fsp3) is 0.263. The van der Waals surface area contributed by atoms with Gasteiger partial charge in [-0.1, -0.05) is 35.3 Å². The van der Waals surface area contributed by atoms with E-state index in [2.05, 4.69) is 10.6 Å². The summed E-state index contributed by atoms with van der Waals surface area (Å²) < 4.78 is 10.6. The third-order valence-corrected chi connectivity index (χ3v) is 4.32. The topological polar surface area (TPSA) is 76.7 Å². The molecule has 8 heteroatoms. The summed E-state index contributed by atoms with van der Waals surface area (Å²) in [5, 5.41) is 6.00. The number of benzene rings is 2. The van der Waals surface area contributed by atoms with Crippen molar-refractivity contribution < 1.29 is 19.1 Å². The van der Waals surface area contributed by atoms with E-state index in [0.717, 1.165) is 5.56 Å². The Bertz CT molecular complexity index is 827. The smallest absolute Gasteiger partial charge is 0.243 e. The van der Waals surface area contributed by atoms with Gasteiger partial charge < -0.3 is 20.1 Å². The lowest BCUT2D eigenvalue weighted by molar-refractivity contribution is -0.124. The van der Waals surface area contributed by atoms with Crippen molar-refractivity contribution in [1.82, 2.24) is 5.32 Å². The van der Waals surface area contributed by atoms with Gasteiger partial charge in [0.2, 0.25) is 11.8 Å². The van der Waals surface area contributed by atoms with Crippen molar-refractivity contribution in [3.05, 3.63) is 52.0 Å². The molecule has 27 heavy (non-hydrogen) atoms. The van der Waals surface area contributed by atoms with Gasteiger partial charge in [0.1, 0.15) is 0 Å². The van der Waals surface area contributed by atoms with E-state index in [4.69, 9.17) is 32.7 Å². The van der Waals surface area contributed by atoms with Crippen molar-refractivity contribution in [1.29, 1.82) is 0 Å². The van der Waals surface area contributed by atoms with Crippen LogP contribution in [0.2, 0.25) is 10.0 Å². The van der Waals surface area contributed by atoms with E-state index in [1.807, 2.05) is 12.1 Å². The Balaban J connectivity index is 1.84. The summed E-state index contributed by atoms with van der Waals surface area (Å²) >= 11 is 11.9. The van der Waals surface area contributed by atoms with Crippen molar-refractivity contribution in [3.8, 4) is 11.5 Å². The molecule has 0 unspecified atom stereocenters. The minimum absolute atomic E-state index is 0.170. The number of carbonyl (C=O) groups is 2. The van der Waals surface area contributed by atoms with Crippen molar-refractivity contribution in [3.63, 3.8) is 0 Å². The van der Waals surface area contributed by atoms with Crippen LogP contribution in [0.4, 0.5) is 5.69 Å². The lowest BCUT2D eigenvalue weighted by Crippen LogP contribution is -2.33. The van der Waals surface area contributed by atoms with Crippen LogP contribution >= 0.6 is 23.2 Å². The Morgan fingerprint density at radius 2 is 1.81 bits per heavy atom. The minimum Gasteiger partial charge on any atom is -0.493 e. The maximum Gasteiger partial charge on any atom is 0.243 e. The highest BCUT2D eigenvalue weighted by atomic mass is 35.5. The Hall–Kier alpha value is -2.44. The molecule has 0 aliphatic heterocycles. The summed E-state index contributed by atoms with van der Waals surface area (Å²) in [7, 11) is 3.10. The number of ether oxygens (including phenoxy) is 2. The Kier molecular flexibility index (Phi) is 7.76. The zero-order valence-corrected chi connectivity index (χ0v) is 16.5. The fourth-order valence-corrected chi connectivity index (χ4v) is 2.79. The lowest BCUT2D eigenvalue weighted by Gasteiger charge is -2.12. The van der Waals surface area contributed by atoms with Gasteiger partial charge in [-0.25, -0.2) is 0 Å². The number of hydrogen-bond acceptors (Lipinski definition) is 4. The third-order valence-electron chi connectivity index (χ3n) is 3.75. The van der Waals surface area contributed by atoms with Crippen molar-refractivity contribution in [2.75, 3.05) is 26.1 Å². The molecular weight excluding hydrogens is 391 g/mol. The standard InChI is InChI=1S/C19H20Cl2N2O4/c1-26-16-5-3-4-12(19(16)27-2)6-9-17(24)22-11-18(25)23-15-10-13(20)7-8-14(15)21/h3-5,7-8,10H,6,9,11H2,1-2H3,(H,22,24)(H,23,25). The van der Waals surface area contributed by atoms with Gasteiger partial charge in [0.25, 0.3) is 0 Å². The van der Waals surface area contributed by atoms with Crippen LogP contribution in [-0.2, 0) is 16.0 Å². The molecule has 144 valence electrons. The number of hydrogen-bond donors (Lipinski definition) is 2. The molecule has 0 radical (unpaired) electrons. The molecule has 0 aliphatic carbocycles. The van der Waals surface area contributed by atoms with Crippen molar-refractivity contribution in [2.24, 2.45) is 0 Å². The summed E-state index contributed by atoms with van der Waals surface area (Å²) in [6.45, 7) is -0.170. The van der Waals surface area contributed by atoms with Crippen LogP contribution in [0.3, 0.4) is 0 Å². The summed E-state index contributed by atoms with van der Waals surface area (Å²) in [4.78, 5) is 24.0. The highest BCUT2D eigenvalue weighted by Gasteiger charge is 2.12. The molecule has 6 nitrogen and oxygen atoms in total. The number of para-hydroxylation sites is 1. The quantitative estimate of drug-likeness (QED) is 0.695. The highest BCUT2D eigenvalue weighted by molar-refractivity contribution is 6.35. The van der Waals surface area contributed by atoms with E-state index in [1.165, 1.54) is 0 Å². The van der Waals surface area contributed by atoms with E-state index >= 15 is 0 Å². The predicted molar refractivity (Wildman–Crippen MR) is 106 cm³/mol. The Labute approximate surface area is 167 Å². The van der Waals surface area contributed by atoms with Crippen LogP contribution in [0.5, 0.6) is 11.5 Å². The molecule has 0 fully saturated rings. The van der Waals surface area contributed by atoms with E-state index in [0.29, 0.717) is 33.7 Å². The molecule has 0 saturated carbocycles. The first-order chi connectivity index (χ1) is 12.9. The van der Waals surface area contributed by atoms with Crippen LogP contribution < -0.4 is 20.1 Å². The summed E-state index contributed by atoms with van der Waals surface area (Å²) in [6, 6.07) is 10.2. The molecule has 2 N–H and O–H groups in total. The summed E-state index contributed by atoms with van der Waals surface area (Å²) in [5.74, 6) is 0.549. The van der Waals surface area contributed by atoms with Gasteiger partial charge in [-0.2, -0.15) is 0 Å². The summed E-state index contributed by atoms with van der Waals surface area (Å²) in [5.41, 5.74) is 1.24. The van der Waals surface area contributed by atoms with Gasteiger partial charge in [0.05, 0.1) is 31.5 Å². The number of carbonyl (C=O) groups excluding carboxylic acids is 2. The van der Waals surface area contributed by atoms with Crippen LogP contribution in [0.1, 0.15) is 12.0 Å². The molecule has 2 aromatic rings. The largest absolute Gasteiger partial charge is 0.493 e. The average Bonchev–Trinajstić information content (AvgIpc) is 2.67. The van der Waals surface area contributed by atoms with Gasteiger partial charge in [0, 0.05) is 11.4 Å². The molecule has 2 amide bonds. The van der Waals surface area contributed by atoms with Crippen molar-refractivity contribution in [2.45, 2.75) is 12.8 Å². The summed E-state index contributed by atoms with van der Waals surface area (Å²) in [6.07, 6.45) is 0.655. The normalized spacial score (nSPS) is 10.2. The SMILES string of the molecule is COc1cccc(CCC(=O)NCC(=O)Nc2cc(Cl)ccc2Cl)c1OC. The molecule has 0 saturated heterocycles. The van der Waals surface area contributed by atoms with E-state index in [9.17, 15) is 9.59 Å². The second-order valence-electron chi connectivity index (χ2n) is 5.60. The first-order valence-electron chi connectivity index (χ1n) is 8.16. The molecule has 2 rings (SSSR count). The van der Waals surface area contributed by atoms with Gasteiger partial charge >= 0.3 is 0 Å². The number of aryl methyl sites for hydroxylation is 1. The maximum atomic E-state index is 12.0. The number of amides is 2. The predicted octanol–water partition coefficient (Wildman–Crippen LogP) is 3.70. The third kappa shape index (κ3) is 6.05. The molecule has 0 bridgehead atoms. The first kappa shape index (κ1) is 20.9. The number of methoxy groups -OCH3 is 2. The van der Waals surface area contributed by atoms with Crippen LogP contribution in [-0.4, -0.2) is 32.6 Å². The molecule has 0 atom stereocenters. The van der Waals surface area contributed by atoms with Gasteiger partial charge in [-0.3, -0.25) is 9.59 Å². The average molecular weight is 411 g/mol. The first-order valence-corrected chi connectivity index (χ1v) is 8.91. The monoisotopic (exact) mass is 410 g/mol. The maximum absolute atomic E-state index is 12.0. The Morgan fingerprint density at radius 3 is 2.52 bits per heavy atom. The van der Waals surface area contributed by atoms with Crippen molar-refractivity contribution >= 4 is 40.7 Å². The Morgan fingerprint density at radius 1 is 1.04 bits per heavy atom. The van der Waals surface area contributed by atoms with Gasteiger partial charge in [-0.05, 0) is 36.2 Å².